The Labute approximate surface area is 283 Å². The lowest BCUT2D eigenvalue weighted by molar-refractivity contribution is 0.419. The van der Waals surface area contributed by atoms with Gasteiger partial charge in [-0.2, -0.15) is 33.7 Å². The Morgan fingerprint density at radius 2 is 0.551 bits per heavy atom. The third-order valence-corrected chi connectivity index (χ3v) is 11.6. The van der Waals surface area contributed by atoms with E-state index < -0.39 is 79.3 Å². The van der Waals surface area contributed by atoms with E-state index in [1.54, 1.807) is 0 Å². The highest BCUT2D eigenvalue weighted by atomic mass is 32.2. The number of hydrogen-bond acceptors (Lipinski definition) is 15. The van der Waals surface area contributed by atoms with Crippen LogP contribution in [-0.4, -0.2) is 65.2 Å². The number of rotatable bonds is 12. The van der Waals surface area contributed by atoms with Crippen LogP contribution in [0.15, 0.2) is 117 Å². The Kier molecular flexibility index (Phi) is 12.5. The molecule has 49 heavy (non-hydrogen) atoms. The lowest BCUT2D eigenvalue weighted by Gasteiger charge is -2.30. The summed E-state index contributed by atoms with van der Waals surface area (Å²) in [6.45, 7) is 0. The molecule has 0 aliphatic rings. The summed E-state index contributed by atoms with van der Waals surface area (Å²) >= 11 is -3.11. The van der Waals surface area contributed by atoms with Crippen LogP contribution < -0.4 is 20.3 Å². The molecule has 0 aromatic heterocycles. The topological polar surface area (TPSA) is 329 Å². The number of nitrogens with one attached hydrogen (secondary N) is 4. The van der Waals surface area contributed by atoms with Crippen molar-refractivity contribution in [3.05, 3.63) is 97.1 Å². The molecule has 0 heterocycles. The summed E-state index contributed by atoms with van der Waals surface area (Å²) < 4.78 is 155. The van der Waals surface area contributed by atoms with E-state index in [0.29, 0.717) is 0 Å². The van der Waals surface area contributed by atoms with Crippen molar-refractivity contribution in [2.75, 3.05) is 20.3 Å². The van der Waals surface area contributed by atoms with Crippen LogP contribution in [0.3, 0.4) is 0 Å². The summed E-state index contributed by atoms with van der Waals surface area (Å²) in [4.78, 5) is -1.64. The van der Waals surface area contributed by atoms with Crippen molar-refractivity contribution < 1.29 is 65.2 Å². The molecular formula is C24H24N4O15PS5-. The number of benzene rings is 4. The number of anilines is 4. The normalized spacial score (nSPS) is 12.4. The Hall–Kier alpha value is -3.78. The van der Waals surface area contributed by atoms with Crippen molar-refractivity contribution in [1.82, 2.24) is 0 Å². The Morgan fingerprint density at radius 1 is 0.408 bits per heavy atom. The zero-order chi connectivity index (χ0) is 36.8. The van der Waals surface area contributed by atoms with Gasteiger partial charge in [-0.25, -0.2) is 20.3 Å². The van der Waals surface area contributed by atoms with E-state index in [1.165, 1.54) is 48.5 Å². The first kappa shape index (κ1) is 39.7. The highest BCUT2D eigenvalue weighted by Crippen LogP contribution is 2.56. The monoisotopic (exact) mass is 799 g/mol. The molecule has 0 spiro atoms. The molecule has 0 amide bonds. The zero-order valence-corrected chi connectivity index (χ0v) is 29.0. The molecule has 0 saturated carbocycles. The van der Waals surface area contributed by atoms with Crippen molar-refractivity contribution in [3.63, 3.8) is 0 Å². The van der Waals surface area contributed by atoms with Crippen LogP contribution in [-0.2, 0) is 51.8 Å². The van der Waals surface area contributed by atoms with Crippen LogP contribution in [0.1, 0.15) is 0 Å². The number of hydrogen-bond donors (Lipinski definition) is 8. The fraction of sp³-hybridized carbons (Fsp3) is 0. The molecule has 4 rings (SSSR count). The van der Waals surface area contributed by atoms with E-state index in [1.807, 2.05) is 0 Å². The molecule has 0 unspecified atom stereocenters. The fourth-order valence-electron chi connectivity index (χ4n) is 3.75. The predicted octanol–water partition coefficient (Wildman–Crippen LogP) is 3.10. The van der Waals surface area contributed by atoms with Crippen LogP contribution in [0.2, 0.25) is 0 Å². The van der Waals surface area contributed by atoms with E-state index in [4.69, 9.17) is 13.3 Å². The smallest absolute Gasteiger partial charge is 0.395 e. The quantitative estimate of drug-likeness (QED) is 0.0579. The van der Waals surface area contributed by atoms with Crippen LogP contribution in [0.5, 0.6) is 0 Å². The van der Waals surface area contributed by atoms with Gasteiger partial charge in [-0.15, -0.1) is 11.4 Å². The van der Waals surface area contributed by atoms with Crippen molar-refractivity contribution >= 4 is 82.4 Å². The van der Waals surface area contributed by atoms with Crippen molar-refractivity contribution in [2.24, 2.45) is 0 Å². The average molecular weight is 800 g/mol. The molecule has 0 saturated heterocycles. The second-order valence-electron chi connectivity index (χ2n) is 9.32. The van der Waals surface area contributed by atoms with Gasteiger partial charge in [0.05, 0.1) is 42.3 Å². The minimum Gasteiger partial charge on any atom is -0.784 e. The van der Waals surface area contributed by atoms with Gasteiger partial charge in [-0.1, -0.05) is 0 Å². The first-order chi connectivity index (χ1) is 22.5. The molecule has 266 valence electrons. The molecule has 0 fully saturated rings. The second-order valence-corrected chi connectivity index (χ2v) is 17.7. The van der Waals surface area contributed by atoms with Gasteiger partial charge in [0.2, 0.25) is 0 Å². The molecular weight excluding hydrogens is 776 g/mol. The van der Waals surface area contributed by atoms with E-state index >= 15 is 0 Å². The zero-order valence-electron chi connectivity index (χ0n) is 24.0. The summed E-state index contributed by atoms with van der Waals surface area (Å²) in [5.74, 6) is 0. The van der Waals surface area contributed by atoms with Gasteiger partial charge < -0.3 is 9.11 Å². The van der Waals surface area contributed by atoms with Gasteiger partial charge in [0.1, 0.15) is 0 Å². The van der Waals surface area contributed by atoms with Gasteiger partial charge >= 0.3 is 7.87 Å². The van der Waals surface area contributed by atoms with Crippen LogP contribution in [0.25, 0.3) is 0 Å². The first-order valence-electron chi connectivity index (χ1n) is 12.6. The molecule has 0 radical (unpaired) electrons. The maximum atomic E-state index is 11.6. The molecule has 0 atom stereocenters. The second kappa shape index (κ2) is 15.4. The molecule has 4 aromatic carbocycles. The first-order valence-corrected chi connectivity index (χ1v) is 21.1. The summed E-state index contributed by atoms with van der Waals surface area (Å²) in [6, 6.07) is 19.4. The summed E-state index contributed by atoms with van der Waals surface area (Å²) in [7, 11) is -21.6. The summed E-state index contributed by atoms with van der Waals surface area (Å²) in [5.41, 5.74) is 1.01. The van der Waals surface area contributed by atoms with E-state index in [9.17, 15) is 51.9 Å². The van der Waals surface area contributed by atoms with Gasteiger partial charge in [-0.05, 0) is 97.1 Å². The standard InChI is InChI=1S/C24H23N4O12PS4.H2O3S/c29-42(30,31)21-9-1-17(2-10-21)25-41(26-18-3-11-22(12-4-18)43(32,33)34,27-19-5-13-23(14-6-19)44(35,36)37)28-20-7-15-24(16-8-20)45(38,39)40;1-4(2)3/h1-16,25-28H,(H3-,29,30,31,32,33,34,35,36,37,38,39,40);(H2,1,2,3)/p-1. The minimum absolute atomic E-state index is 0.252. The van der Waals surface area contributed by atoms with E-state index in [-0.39, 0.29) is 22.7 Å². The lowest BCUT2D eigenvalue weighted by Crippen LogP contribution is -2.27. The third-order valence-electron chi connectivity index (χ3n) is 5.80. The molecule has 0 aliphatic carbocycles. The Bertz CT molecular complexity index is 1920. The Balaban J connectivity index is 0.00000154. The third kappa shape index (κ3) is 12.2. The van der Waals surface area contributed by atoms with Gasteiger partial charge in [-0.3, -0.25) is 22.4 Å². The van der Waals surface area contributed by atoms with Crippen molar-refractivity contribution in [3.8, 4) is 0 Å². The molecule has 4 aromatic rings. The van der Waals surface area contributed by atoms with Gasteiger partial charge in [0.15, 0.2) is 0 Å². The Morgan fingerprint density at radius 3 is 0.673 bits per heavy atom. The fourth-order valence-corrected chi connectivity index (χ4v) is 8.15. The molecule has 0 aliphatic heterocycles. The maximum Gasteiger partial charge on any atom is 0.395 e. The van der Waals surface area contributed by atoms with Crippen LogP contribution >= 0.6 is 7.87 Å². The lowest BCUT2D eigenvalue weighted by atomic mass is 10.3. The van der Waals surface area contributed by atoms with Crippen molar-refractivity contribution in [1.29, 1.82) is 0 Å². The maximum absolute atomic E-state index is 11.6. The van der Waals surface area contributed by atoms with Crippen LogP contribution in [0, 0.1) is 0 Å². The minimum atomic E-state index is -4.53. The molecule has 19 nitrogen and oxygen atoms in total. The van der Waals surface area contributed by atoms with Crippen LogP contribution in [0.4, 0.5) is 22.7 Å². The van der Waals surface area contributed by atoms with Gasteiger partial charge in [0.25, 0.3) is 40.5 Å². The van der Waals surface area contributed by atoms with E-state index in [2.05, 4.69) is 20.3 Å². The predicted molar refractivity (Wildman–Crippen MR) is 176 cm³/mol. The molecule has 25 heteroatoms. The molecule has 0 bridgehead atoms. The largest absolute Gasteiger partial charge is 0.784 e. The highest BCUT2D eigenvalue weighted by molar-refractivity contribution is 7.86. The molecule has 8 N–H and O–H groups in total. The van der Waals surface area contributed by atoms with E-state index in [0.717, 1.165) is 48.5 Å². The highest BCUT2D eigenvalue weighted by Gasteiger charge is 2.41. The summed E-state index contributed by atoms with van der Waals surface area (Å²) in [5, 5.41) is 12.6. The summed E-state index contributed by atoms with van der Waals surface area (Å²) in [6.07, 6.45) is 0. The SMILES string of the molecule is O=S(=O)(O)c1ccc(N[P+](Nc2ccc(S(=O)(=O)O)cc2)(Nc2ccc(S(=O)(=O)O)cc2)Nc2ccc(S(=O)(=O)O)cc2)cc1.O=S([O-])[O-]. The van der Waals surface area contributed by atoms with Gasteiger partial charge in [0, 0.05) is 0 Å². The van der Waals surface area contributed by atoms with Crippen molar-refractivity contribution in [2.45, 2.75) is 19.6 Å². The average Bonchev–Trinajstić information content (AvgIpc) is 2.96.